The van der Waals surface area contributed by atoms with E-state index in [1.165, 1.54) is 0 Å². The molecule has 4 heteroatoms. The smallest absolute Gasteiger partial charge is 0.307 e. The van der Waals surface area contributed by atoms with Crippen molar-refractivity contribution < 1.29 is 14.7 Å². The number of nitrogens with two attached hydrogens (primary N) is 1. The van der Waals surface area contributed by atoms with E-state index < -0.39 is 11.9 Å². The minimum atomic E-state index is -0.891. The molecule has 2 unspecified atom stereocenters. The molecule has 0 bridgehead atoms. The summed E-state index contributed by atoms with van der Waals surface area (Å²) in [5, 5.41) is 8.70. The van der Waals surface area contributed by atoms with Crippen molar-refractivity contribution in [1.82, 2.24) is 0 Å². The van der Waals surface area contributed by atoms with Crippen molar-refractivity contribution >= 4 is 17.4 Å². The Kier molecular flexibility index (Phi) is 2.19. The number of hydrogen-bond donors (Lipinski definition) is 2. The van der Waals surface area contributed by atoms with Gasteiger partial charge in [0.1, 0.15) is 0 Å². The van der Waals surface area contributed by atoms with Gasteiger partial charge in [-0.15, -0.1) is 0 Å². The molecule has 0 aliphatic heterocycles. The molecule has 2 atom stereocenters. The SMILES string of the molecule is Nc1cccc(C(=O)C2CC2C(=O)O)c1. The molecule has 0 aromatic heterocycles. The third-order valence-electron chi connectivity index (χ3n) is 2.62. The molecule has 0 spiro atoms. The Labute approximate surface area is 86.7 Å². The predicted octanol–water partition coefficient (Wildman–Crippen LogP) is 1.17. The lowest BCUT2D eigenvalue weighted by Crippen LogP contribution is -2.08. The van der Waals surface area contributed by atoms with Crippen LogP contribution in [-0.2, 0) is 4.79 Å². The van der Waals surface area contributed by atoms with Crippen LogP contribution in [0.4, 0.5) is 5.69 Å². The molecule has 78 valence electrons. The van der Waals surface area contributed by atoms with Crippen molar-refractivity contribution in [2.45, 2.75) is 6.42 Å². The van der Waals surface area contributed by atoms with Crippen LogP contribution in [0.1, 0.15) is 16.8 Å². The van der Waals surface area contributed by atoms with Gasteiger partial charge < -0.3 is 10.8 Å². The molecule has 3 N–H and O–H groups in total. The second-order valence-corrected chi connectivity index (χ2v) is 3.78. The quantitative estimate of drug-likeness (QED) is 0.573. The van der Waals surface area contributed by atoms with Crippen molar-refractivity contribution in [1.29, 1.82) is 0 Å². The maximum Gasteiger partial charge on any atom is 0.307 e. The van der Waals surface area contributed by atoms with Gasteiger partial charge in [-0.1, -0.05) is 12.1 Å². The van der Waals surface area contributed by atoms with Gasteiger partial charge in [0, 0.05) is 17.2 Å². The highest BCUT2D eigenvalue weighted by atomic mass is 16.4. The third-order valence-corrected chi connectivity index (χ3v) is 2.62. The fourth-order valence-corrected chi connectivity index (χ4v) is 1.66. The number of carboxylic acid groups (broad SMARTS) is 1. The normalized spacial score (nSPS) is 23.5. The van der Waals surface area contributed by atoms with Crippen molar-refractivity contribution in [2.75, 3.05) is 5.73 Å². The number of rotatable bonds is 3. The number of carboxylic acids is 1. The first-order chi connectivity index (χ1) is 7.09. The summed E-state index contributed by atoms with van der Waals surface area (Å²) in [6.45, 7) is 0. The molecule has 1 saturated carbocycles. The lowest BCUT2D eigenvalue weighted by atomic mass is 10.1. The van der Waals surface area contributed by atoms with Crippen LogP contribution in [0.3, 0.4) is 0 Å². The number of ketones is 1. The van der Waals surface area contributed by atoms with Gasteiger partial charge in [0.15, 0.2) is 5.78 Å². The Morgan fingerprint density at radius 1 is 1.33 bits per heavy atom. The van der Waals surface area contributed by atoms with Crippen molar-refractivity contribution in [3.63, 3.8) is 0 Å². The molecule has 1 aliphatic carbocycles. The molecule has 15 heavy (non-hydrogen) atoms. The van der Waals surface area contributed by atoms with E-state index in [-0.39, 0.29) is 11.7 Å². The number of hydrogen-bond acceptors (Lipinski definition) is 3. The second-order valence-electron chi connectivity index (χ2n) is 3.78. The maximum absolute atomic E-state index is 11.8. The molecule has 0 radical (unpaired) electrons. The van der Waals surface area contributed by atoms with E-state index in [1.54, 1.807) is 24.3 Å². The summed E-state index contributed by atoms with van der Waals surface area (Å²) in [5.74, 6) is -1.87. The first kappa shape index (κ1) is 9.71. The van der Waals surface area contributed by atoms with Gasteiger partial charge in [-0.2, -0.15) is 0 Å². The molecule has 4 nitrogen and oxygen atoms in total. The summed E-state index contributed by atoms with van der Waals surface area (Å²) < 4.78 is 0. The van der Waals surface area contributed by atoms with Gasteiger partial charge >= 0.3 is 5.97 Å². The zero-order chi connectivity index (χ0) is 11.0. The highest BCUT2D eigenvalue weighted by molar-refractivity contribution is 6.03. The summed E-state index contributed by atoms with van der Waals surface area (Å²) in [6, 6.07) is 6.63. The molecule has 1 aromatic rings. The third kappa shape index (κ3) is 1.83. The van der Waals surface area contributed by atoms with Gasteiger partial charge in [0.05, 0.1) is 5.92 Å². The summed E-state index contributed by atoms with van der Waals surface area (Å²) >= 11 is 0. The van der Waals surface area contributed by atoms with Gasteiger partial charge in [-0.05, 0) is 18.6 Å². The minimum absolute atomic E-state index is 0.116. The van der Waals surface area contributed by atoms with E-state index in [2.05, 4.69) is 0 Å². The summed E-state index contributed by atoms with van der Waals surface area (Å²) in [7, 11) is 0. The van der Waals surface area contributed by atoms with E-state index in [0.29, 0.717) is 17.7 Å². The number of anilines is 1. The highest BCUT2D eigenvalue weighted by Crippen LogP contribution is 2.41. The Balaban J connectivity index is 2.13. The van der Waals surface area contributed by atoms with Gasteiger partial charge in [-0.25, -0.2) is 0 Å². The van der Waals surface area contributed by atoms with Crippen LogP contribution in [0.5, 0.6) is 0 Å². The van der Waals surface area contributed by atoms with Crippen molar-refractivity contribution in [3.8, 4) is 0 Å². The summed E-state index contributed by atoms with van der Waals surface area (Å²) in [4.78, 5) is 22.4. The number of nitrogen functional groups attached to an aromatic ring is 1. The Bertz CT molecular complexity index is 428. The molecular formula is C11H11NO3. The highest BCUT2D eigenvalue weighted by Gasteiger charge is 2.48. The van der Waals surface area contributed by atoms with Gasteiger partial charge in [0.2, 0.25) is 0 Å². The largest absolute Gasteiger partial charge is 0.481 e. The number of carbonyl (C=O) groups excluding carboxylic acids is 1. The number of aliphatic carboxylic acids is 1. The fraction of sp³-hybridized carbons (Fsp3) is 0.273. The van der Waals surface area contributed by atoms with E-state index >= 15 is 0 Å². The lowest BCUT2D eigenvalue weighted by molar-refractivity contribution is -0.138. The summed E-state index contributed by atoms with van der Waals surface area (Å²) in [6.07, 6.45) is 0.447. The van der Waals surface area contributed by atoms with E-state index in [1.807, 2.05) is 0 Å². The lowest BCUT2D eigenvalue weighted by Gasteiger charge is -2.00. The zero-order valence-electron chi connectivity index (χ0n) is 8.01. The topological polar surface area (TPSA) is 80.4 Å². The van der Waals surface area contributed by atoms with E-state index in [0.717, 1.165) is 0 Å². The number of benzene rings is 1. The van der Waals surface area contributed by atoms with Crippen LogP contribution >= 0.6 is 0 Å². The Morgan fingerprint density at radius 3 is 2.60 bits per heavy atom. The molecule has 0 heterocycles. The second kappa shape index (κ2) is 3.38. The molecule has 2 rings (SSSR count). The molecule has 1 fully saturated rings. The average molecular weight is 205 g/mol. The van der Waals surface area contributed by atoms with Crippen LogP contribution in [-0.4, -0.2) is 16.9 Å². The zero-order valence-corrected chi connectivity index (χ0v) is 8.01. The Morgan fingerprint density at radius 2 is 2.07 bits per heavy atom. The summed E-state index contributed by atoms with van der Waals surface area (Å²) in [5.41, 5.74) is 6.57. The van der Waals surface area contributed by atoms with E-state index in [4.69, 9.17) is 10.8 Å². The first-order valence-corrected chi connectivity index (χ1v) is 4.72. The number of carbonyl (C=O) groups is 2. The molecular weight excluding hydrogens is 194 g/mol. The van der Waals surface area contributed by atoms with Crippen LogP contribution in [0.15, 0.2) is 24.3 Å². The fourth-order valence-electron chi connectivity index (χ4n) is 1.66. The Hall–Kier alpha value is -1.84. The predicted molar refractivity (Wildman–Crippen MR) is 54.4 cm³/mol. The van der Waals surface area contributed by atoms with Gasteiger partial charge in [0.25, 0.3) is 0 Å². The van der Waals surface area contributed by atoms with Crippen molar-refractivity contribution in [3.05, 3.63) is 29.8 Å². The molecule has 0 amide bonds. The maximum atomic E-state index is 11.8. The molecule has 1 aromatic carbocycles. The first-order valence-electron chi connectivity index (χ1n) is 4.72. The van der Waals surface area contributed by atoms with Crippen molar-refractivity contribution in [2.24, 2.45) is 11.8 Å². The van der Waals surface area contributed by atoms with Gasteiger partial charge in [-0.3, -0.25) is 9.59 Å². The standard InChI is InChI=1S/C11H11NO3/c12-7-3-1-2-6(4-7)10(13)8-5-9(8)11(14)15/h1-4,8-9H,5,12H2,(H,14,15). The molecule has 0 saturated heterocycles. The van der Waals surface area contributed by atoms with Crippen LogP contribution < -0.4 is 5.73 Å². The number of Topliss-reactive ketones (excluding diaryl/α,β-unsaturated/α-hetero) is 1. The van der Waals surface area contributed by atoms with E-state index in [9.17, 15) is 9.59 Å². The van der Waals surface area contributed by atoms with Crippen LogP contribution in [0.2, 0.25) is 0 Å². The monoisotopic (exact) mass is 205 g/mol. The average Bonchev–Trinajstić information content (AvgIpc) is 2.96. The van der Waals surface area contributed by atoms with Crippen LogP contribution in [0, 0.1) is 11.8 Å². The minimum Gasteiger partial charge on any atom is -0.481 e. The van der Waals surface area contributed by atoms with Crippen LogP contribution in [0.25, 0.3) is 0 Å². The molecule has 1 aliphatic rings.